The highest BCUT2D eigenvalue weighted by atomic mass is 35.5. The van der Waals surface area contributed by atoms with Gasteiger partial charge in [0.25, 0.3) is 6.43 Å². The monoisotopic (exact) mass is 584 g/mol. The summed E-state index contributed by atoms with van der Waals surface area (Å²) in [6, 6.07) is 8.66. The van der Waals surface area contributed by atoms with Crippen molar-refractivity contribution in [3.8, 4) is 6.07 Å². The standard InChI is InChI=1S/C28H28Cl2F2N8/c1-15-18(5-6-22(30)36-15)25(21-13-40(39-38-21)28(7-8-28)26(31)32)37-17-9-19-23(35-14-27(2,3)4)16(11-33)12-34-24(19)20(29)10-17/h5-6,9-10,12-13,25-26,37H,7-8,14H2,1-4H3,(H,34,35). The number of nitrogens with one attached hydrogen (secondary N) is 2. The number of pyridine rings is 2. The predicted octanol–water partition coefficient (Wildman–Crippen LogP) is 7.12. The second-order valence-corrected chi connectivity index (χ2v) is 12.1. The molecule has 1 aliphatic carbocycles. The molecule has 1 aromatic carbocycles. The Morgan fingerprint density at radius 1 is 1.20 bits per heavy atom. The molecular formula is C28H28Cl2F2N8. The number of rotatable bonds is 8. The average molecular weight is 585 g/mol. The lowest BCUT2D eigenvalue weighted by atomic mass is 9.96. The van der Waals surface area contributed by atoms with Gasteiger partial charge in [0, 0.05) is 35.1 Å². The van der Waals surface area contributed by atoms with Crippen LogP contribution in [0.15, 0.2) is 36.7 Å². The van der Waals surface area contributed by atoms with Crippen molar-refractivity contribution in [1.82, 2.24) is 25.0 Å². The molecule has 2 N–H and O–H groups in total. The van der Waals surface area contributed by atoms with Gasteiger partial charge >= 0.3 is 0 Å². The number of hydrogen-bond donors (Lipinski definition) is 2. The van der Waals surface area contributed by atoms with E-state index in [0.717, 1.165) is 5.56 Å². The van der Waals surface area contributed by atoms with Crippen LogP contribution in [-0.2, 0) is 5.54 Å². The highest BCUT2D eigenvalue weighted by Crippen LogP contribution is 2.48. The van der Waals surface area contributed by atoms with Crippen LogP contribution in [0.3, 0.4) is 0 Å². The van der Waals surface area contributed by atoms with Gasteiger partial charge < -0.3 is 10.6 Å². The number of nitrogens with zero attached hydrogens (tertiary/aromatic N) is 6. The smallest absolute Gasteiger partial charge is 0.263 e. The molecule has 208 valence electrons. The number of benzene rings is 1. The third-order valence-electron chi connectivity index (χ3n) is 6.99. The third-order valence-corrected chi connectivity index (χ3v) is 7.49. The zero-order chi connectivity index (χ0) is 28.8. The van der Waals surface area contributed by atoms with Gasteiger partial charge in [-0.2, -0.15) is 5.26 Å². The van der Waals surface area contributed by atoms with E-state index in [-0.39, 0.29) is 5.41 Å². The Bertz CT molecular complexity index is 1620. The molecule has 1 saturated carbocycles. The van der Waals surface area contributed by atoms with Crippen LogP contribution in [0, 0.1) is 23.7 Å². The van der Waals surface area contributed by atoms with E-state index < -0.39 is 18.0 Å². The second kappa shape index (κ2) is 10.5. The first-order chi connectivity index (χ1) is 18.9. The van der Waals surface area contributed by atoms with Crippen LogP contribution in [0.5, 0.6) is 0 Å². The van der Waals surface area contributed by atoms with Crippen molar-refractivity contribution < 1.29 is 8.78 Å². The molecule has 3 heterocycles. The number of aryl methyl sites for hydroxylation is 1. The second-order valence-electron chi connectivity index (χ2n) is 11.3. The SMILES string of the molecule is Cc1nc(Cl)ccc1C(Nc1cc(Cl)c2ncc(C#N)c(NCC(C)(C)C)c2c1)c1cn(C2(C(F)F)CC2)nn1. The molecule has 3 aromatic heterocycles. The molecule has 0 amide bonds. The molecular weight excluding hydrogens is 557 g/mol. The molecule has 0 bridgehead atoms. The highest BCUT2D eigenvalue weighted by molar-refractivity contribution is 6.35. The van der Waals surface area contributed by atoms with Gasteiger partial charge in [-0.3, -0.25) is 4.98 Å². The van der Waals surface area contributed by atoms with Gasteiger partial charge in [0.1, 0.15) is 22.5 Å². The highest BCUT2D eigenvalue weighted by Gasteiger charge is 2.54. The Balaban J connectivity index is 1.60. The van der Waals surface area contributed by atoms with Crippen molar-refractivity contribution in [3.05, 3.63) is 69.3 Å². The minimum absolute atomic E-state index is 0.0465. The summed E-state index contributed by atoms with van der Waals surface area (Å²) in [7, 11) is 0. The van der Waals surface area contributed by atoms with E-state index in [1.807, 2.05) is 19.1 Å². The van der Waals surface area contributed by atoms with E-state index in [1.165, 1.54) is 10.9 Å². The molecule has 4 aromatic rings. The van der Waals surface area contributed by atoms with Crippen molar-refractivity contribution in [2.75, 3.05) is 17.2 Å². The van der Waals surface area contributed by atoms with Crippen molar-refractivity contribution in [2.45, 2.75) is 58.5 Å². The minimum atomic E-state index is -2.55. The van der Waals surface area contributed by atoms with Gasteiger partial charge in [0.2, 0.25) is 0 Å². The summed E-state index contributed by atoms with van der Waals surface area (Å²) in [4.78, 5) is 8.80. The van der Waals surface area contributed by atoms with Gasteiger partial charge in [-0.15, -0.1) is 5.10 Å². The number of nitriles is 1. The lowest BCUT2D eigenvalue weighted by Gasteiger charge is -2.23. The topological polar surface area (TPSA) is 104 Å². The fourth-order valence-corrected chi connectivity index (χ4v) is 5.06. The largest absolute Gasteiger partial charge is 0.383 e. The first-order valence-electron chi connectivity index (χ1n) is 12.8. The summed E-state index contributed by atoms with van der Waals surface area (Å²) >= 11 is 12.8. The van der Waals surface area contributed by atoms with Crippen molar-refractivity contribution >= 4 is 45.5 Å². The number of anilines is 2. The Morgan fingerprint density at radius 2 is 1.95 bits per heavy atom. The molecule has 5 rings (SSSR count). The van der Waals surface area contributed by atoms with Crippen molar-refractivity contribution in [2.24, 2.45) is 5.41 Å². The van der Waals surface area contributed by atoms with Crippen LogP contribution >= 0.6 is 23.2 Å². The maximum atomic E-state index is 13.8. The minimum Gasteiger partial charge on any atom is -0.383 e. The Kier molecular flexibility index (Phi) is 7.31. The van der Waals surface area contributed by atoms with E-state index >= 15 is 0 Å². The van der Waals surface area contributed by atoms with Crippen molar-refractivity contribution in [1.29, 1.82) is 5.26 Å². The van der Waals surface area contributed by atoms with Crippen LogP contribution in [-0.4, -0.2) is 37.9 Å². The lowest BCUT2D eigenvalue weighted by molar-refractivity contribution is 0.0593. The summed E-state index contributed by atoms with van der Waals surface area (Å²) < 4.78 is 28.9. The van der Waals surface area contributed by atoms with E-state index in [1.54, 1.807) is 18.3 Å². The van der Waals surface area contributed by atoms with Gasteiger partial charge in [0.15, 0.2) is 0 Å². The summed E-state index contributed by atoms with van der Waals surface area (Å²) in [5.41, 5.74) is 2.63. The average Bonchev–Trinajstić information content (AvgIpc) is 3.56. The molecule has 8 nitrogen and oxygen atoms in total. The van der Waals surface area contributed by atoms with E-state index in [2.05, 4.69) is 57.8 Å². The number of hydrogen-bond acceptors (Lipinski definition) is 7. The van der Waals surface area contributed by atoms with Gasteiger partial charge in [-0.1, -0.05) is 55.3 Å². The van der Waals surface area contributed by atoms with Gasteiger partial charge in [-0.05, 0) is 43.4 Å². The number of aromatic nitrogens is 5. The fraction of sp³-hybridized carbons (Fsp3) is 0.393. The van der Waals surface area contributed by atoms with E-state index in [0.29, 0.717) is 68.8 Å². The Labute approximate surface area is 240 Å². The normalized spacial score (nSPS) is 15.2. The molecule has 1 aliphatic rings. The van der Waals surface area contributed by atoms with Crippen LogP contribution in [0.2, 0.25) is 10.2 Å². The zero-order valence-electron chi connectivity index (χ0n) is 22.4. The van der Waals surface area contributed by atoms with E-state index in [9.17, 15) is 14.0 Å². The maximum Gasteiger partial charge on any atom is 0.263 e. The molecule has 0 spiro atoms. The predicted molar refractivity (Wildman–Crippen MR) is 152 cm³/mol. The van der Waals surface area contributed by atoms with Crippen LogP contribution in [0.25, 0.3) is 10.9 Å². The Morgan fingerprint density at radius 3 is 2.58 bits per heavy atom. The number of halogens is 4. The molecule has 0 saturated heterocycles. The third kappa shape index (κ3) is 5.40. The van der Waals surface area contributed by atoms with Crippen molar-refractivity contribution in [3.63, 3.8) is 0 Å². The first kappa shape index (κ1) is 28.0. The van der Waals surface area contributed by atoms with Gasteiger partial charge in [0.05, 0.1) is 34.0 Å². The van der Waals surface area contributed by atoms with Crippen LogP contribution in [0.4, 0.5) is 20.2 Å². The summed E-state index contributed by atoms with van der Waals surface area (Å²) in [5.74, 6) is 0. The quantitative estimate of drug-likeness (QED) is 0.212. The number of alkyl halides is 2. The molecule has 40 heavy (non-hydrogen) atoms. The zero-order valence-corrected chi connectivity index (χ0v) is 23.9. The molecule has 1 fully saturated rings. The summed E-state index contributed by atoms with van der Waals surface area (Å²) in [6.07, 6.45) is 1.19. The molecule has 12 heteroatoms. The molecule has 1 atom stereocenters. The Hall–Kier alpha value is -3.55. The summed E-state index contributed by atoms with van der Waals surface area (Å²) in [5, 5.41) is 26.4. The molecule has 0 radical (unpaired) electrons. The van der Waals surface area contributed by atoms with Crippen LogP contribution in [0.1, 0.15) is 62.2 Å². The first-order valence-corrected chi connectivity index (χ1v) is 13.5. The van der Waals surface area contributed by atoms with Gasteiger partial charge in [-0.25, -0.2) is 18.4 Å². The summed E-state index contributed by atoms with van der Waals surface area (Å²) in [6.45, 7) is 8.70. The van der Waals surface area contributed by atoms with E-state index in [4.69, 9.17) is 23.2 Å². The number of fused-ring (bicyclic) bond motifs is 1. The van der Waals surface area contributed by atoms with Crippen LogP contribution < -0.4 is 10.6 Å². The lowest BCUT2D eigenvalue weighted by Crippen LogP contribution is -2.26. The maximum absolute atomic E-state index is 13.8. The fourth-order valence-electron chi connectivity index (χ4n) is 4.60. The molecule has 1 unspecified atom stereocenters. The molecule has 0 aliphatic heterocycles.